The minimum atomic E-state index is -2.88. The van der Waals surface area contributed by atoms with Gasteiger partial charge in [-0.05, 0) is 60.9 Å². The third kappa shape index (κ3) is 7.03. The van der Waals surface area contributed by atoms with Crippen molar-refractivity contribution in [3.8, 4) is 6.07 Å². The molecule has 0 atom stereocenters. The van der Waals surface area contributed by atoms with Crippen LogP contribution >= 0.6 is 7.14 Å². The molecule has 0 radical (unpaired) electrons. The highest BCUT2D eigenvalue weighted by Gasteiger charge is 2.28. The third-order valence-corrected chi connectivity index (χ3v) is 4.24. The smallest absolute Gasteiger partial charge is 0.412 e. The summed E-state index contributed by atoms with van der Waals surface area (Å²) < 4.78 is 23.0. The Morgan fingerprint density at radius 2 is 1.63 bits per heavy atom. The van der Waals surface area contributed by atoms with Crippen LogP contribution in [-0.4, -0.2) is 41.6 Å². The first-order chi connectivity index (χ1) is 12.0. The van der Waals surface area contributed by atoms with E-state index in [4.69, 9.17) is 9.47 Å². The fraction of sp³-hybridized carbons (Fsp3) is 0.556. The predicted octanol–water partition coefficient (Wildman–Crippen LogP) is 3.50. The summed E-state index contributed by atoms with van der Waals surface area (Å²) in [5.41, 5.74) is -1.99. The number of pyridine rings is 1. The van der Waals surface area contributed by atoms with E-state index in [2.05, 4.69) is 10.3 Å². The first kappa shape index (κ1) is 22.7. The van der Waals surface area contributed by atoms with Gasteiger partial charge in [0.15, 0.2) is 5.69 Å². The molecular formula is C18H26N3O5P. The minimum Gasteiger partial charge on any atom is -0.456 e. The lowest BCUT2D eigenvalue weighted by Gasteiger charge is -2.23. The van der Waals surface area contributed by atoms with Gasteiger partial charge in [-0.15, -0.1) is 0 Å². The van der Waals surface area contributed by atoms with E-state index in [1.54, 1.807) is 41.5 Å². The summed E-state index contributed by atoms with van der Waals surface area (Å²) in [7, 11) is -2.88. The summed E-state index contributed by atoms with van der Waals surface area (Å²) in [5.74, 6) is -0.776. The maximum atomic E-state index is 12.7. The topological polar surface area (TPSA) is 118 Å². The zero-order valence-electron chi connectivity index (χ0n) is 17.0. The summed E-state index contributed by atoms with van der Waals surface area (Å²) in [4.78, 5) is 28.9. The van der Waals surface area contributed by atoms with Gasteiger partial charge in [0, 0.05) is 0 Å². The van der Waals surface area contributed by atoms with E-state index in [-0.39, 0.29) is 22.4 Å². The van der Waals surface area contributed by atoms with Crippen molar-refractivity contribution < 1.29 is 23.6 Å². The monoisotopic (exact) mass is 395 g/mol. The molecule has 0 saturated carbocycles. The second kappa shape index (κ2) is 7.69. The Morgan fingerprint density at radius 1 is 1.11 bits per heavy atom. The van der Waals surface area contributed by atoms with Crippen LogP contribution in [0.4, 0.5) is 10.5 Å². The highest BCUT2D eigenvalue weighted by molar-refractivity contribution is 7.69. The SMILES string of the molecule is CC(C)(C)OC(=O)Nc1c(C(=O)OC(C)(C)C)cc(P(C)(C)=O)nc1C#N. The second-order valence-corrected chi connectivity index (χ2v) is 11.5. The number of ether oxygens (including phenoxy) is 2. The van der Waals surface area contributed by atoms with Gasteiger partial charge in [-0.2, -0.15) is 5.26 Å². The summed E-state index contributed by atoms with van der Waals surface area (Å²) in [6.07, 6.45) is -0.852. The van der Waals surface area contributed by atoms with Crippen molar-refractivity contribution in [2.75, 3.05) is 18.6 Å². The molecule has 27 heavy (non-hydrogen) atoms. The third-order valence-electron chi connectivity index (χ3n) is 2.91. The maximum absolute atomic E-state index is 12.7. The lowest BCUT2D eigenvalue weighted by Crippen LogP contribution is -2.30. The Balaban J connectivity index is 3.54. The molecule has 1 aromatic rings. The zero-order valence-corrected chi connectivity index (χ0v) is 17.9. The first-order valence-corrected chi connectivity index (χ1v) is 10.9. The number of anilines is 1. The van der Waals surface area contributed by atoms with Gasteiger partial charge < -0.3 is 14.0 Å². The summed E-state index contributed by atoms with van der Waals surface area (Å²) in [5, 5.41) is 11.8. The van der Waals surface area contributed by atoms with Gasteiger partial charge in [-0.3, -0.25) is 5.32 Å². The Hall–Kier alpha value is -2.39. The molecule has 9 heteroatoms. The van der Waals surface area contributed by atoms with Crippen LogP contribution < -0.4 is 10.8 Å². The molecule has 0 aliphatic rings. The van der Waals surface area contributed by atoms with Gasteiger partial charge in [0.2, 0.25) is 0 Å². The lowest BCUT2D eigenvalue weighted by atomic mass is 10.1. The number of amides is 1. The number of nitriles is 1. The molecule has 0 unspecified atom stereocenters. The van der Waals surface area contributed by atoms with Crippen molar-refractivity contribution in [2.45, 2.75) is 52.7 Å². The van der Waals surface area contributed by atoms with Crippen molar-refractivity contribution in [1.29, 1.82) is 5.26 Å². The molecule has 1 rings (SSSR count). The van der Waals surface area contributed by atoms with E-state index in [0.717, 1.165) is 0 Å². The van der Waals surface area contributed by atoms with E-state index in [1.807, 2.05) is 6.07 Å². The molecule has 1 aromatic heterocycles. The number of aromatic nitrogens is 1. The molecule has 1 amide bonds. The number of nitrogens with one attached hydrogen (secondary N) is 1. The van der Waals surface area contributed by atoms with Crippen LogP contribution in [-0.2, 0) is 14.0 Å². The van der Waals surface area contributed by atoms with E-state index in [0.29, 0.717) is 0 Å². The van der Waals surface area contributed by atoms with Crippen LogP contribution in [0.3, 0.4) is 0 Å². The van der Waals surface area contributed by atoms with Crippen molar-refractivity contribution in [1.82, 2.24) is 4.98 Å². The van der Waals surface area contributed by atoms with Gasteiger partial charge in [0.1, 0.15) is 29.8 Å². The second-order valence-electron chi connectivity index (χ2n) is 8.34. The van der Waals surface area contributed by atoms with Crippen LogP contribution in [0.2, 0.25) is 0 Å². The van der Waals surface area contributed by atoms with Crippen LogP contribution in [0.25, 0.3) is 0 Å². The van der Waals surface area contributed by atoms with Crippen molar-refractivity contribution in [3.05, 3.63) is 17.3 Å². The quantitative estimate of drug-likeness (QED) is 0.614. The number of carbonyl (C=O) groups excluding carboxylic acids is 2. The molecule has 0 aliphatic heterocycles. The summed E-state index contributed by atoms with van der Waals surface area (Å²) >= 11 is 0. The van der Waals surface area contributed by atoms with E-state index >= 15 is 0 Å². The average Bonchev–Trinajstić information content (AvgIpc) is 2.41. The molecule has 0 bridgehead atoms. The van der Waals surface area contributed by atoms with Crippen molar-refractivity contribution in [3.63, 3.8) is 0 Å². The van der Waals surface area contributed by atoms with Gasteiger partial charge in [0.05, 0.1) is 11.3 Å². The van der Waals surface area contributed by atoms with Crippen LogP contribution in [0.1, 0.15) is 57.6 Å². The van der Waals surface area contributed by atoms with Gasteiger partial charge in [-0.25, -0.2) is 14.6 Å². The molecule has 0 aromatic carbocycles. The fourth-order valence-corrected chi connectivity index (χ4v) is 2.70. The molecule has 8 nitrogen and oxygen atoms in total. The fourth-order valence-electron chi connectivity index (χ4n) is 1.91. The number of rotatable bonds is 3. The van der Waals surface area contributed by atoms with Crippen molar-refractivity contribution in [2.24, 2.45) is 0 Å². The molecule has 1 heterocycles. The highest BCUT2D eigenvalue weighted by atomic mass is 31.2. The van der Waals surface area contributed by atoms with E-state index in [9.17, 15) is 19.4 Å². The highest BCUT2D eigenvalue weighted by Crippen LogP contribution is 2.35. The number of hydrogen-bond donors (Lipinski definition) is 1. The first-order valence-electron chi connectivity index (χ1n) is 8.27. The maximum Gasteiger partial charge on any atom is 0.412 e. The minimum absolute atomic E-state index is 0.0923. The van der Waals surface area contributed by atoms with Crippen LogP contribution in [0, 0.1) is 11.3 Å². The van der Waals surface area contributed by atoms with Crippen molar-refractivity contribution >= 4 is 30.3 Å². The lowest BCUT2D eigenvalue weighted by molar-refractivity contribution is 0.00707. The van der Waals surface area contributed by atoms with Crippen LogP contribution in [0.15, 0.2) is 6.07 Å². The number of carbonyl (C=O) groups is 2. The normalized spacial score (nSPS) is 12.1. The van der Waals surface area contributed by atoms with Gasteiger partial charge >= 0.3 is 12.1 Å². The van der Waals surface area contributed by atoms with E-state index in [1.165, 1.54) is 19.4 Å². The molecular weight excluding hydrogens is 369 g/mol. The molecule has 1 N–H and O–H groups in total. The summed E-state index contributed by atoms with van der Waals surface area (Å²) in [6, 6.07) is 3.10. The predicted molar refractivity (Wildman–Crippen MR) is 103 cm³/mol. The Morgan fingerprint density at radius 3 is 2.04 bits per heavy atom. The number of esters is 1. The molecule has 0 spiro atoms. The Bertz CT molecular complexity index is 838. The Labute approximate surface area is 159 Å². The van der Waals surface area contributed by atoms with Gasteiger partial charge in [-0.1, -0.05) is 0 Å². The molecule has 0 saturated heterocycles. The standard InChI is InChI=1S/C18H26N3O5P/c1-17(2,3)25-15(22)11-9-13(27(7,8)24)20-12(10-19)14(11)21-16(23)26-18(4,5)6/h9H,1-8H3,(H,21,23). The molecule has 0 aliphatic carbocycles. The zero-order chi connectivity index (χ0) is 21.2. The van der Waals surface area contributed by atoms with E-state index < -0.39 is 30.4 Å². The average molecular weight is 395 g/mol. The summed E-state index contributed by atoms with van der Waals surface area (Å²) in [6.45, 7) is 13.0. The number of nitrogens with zero attached hydrogens (tertiary/aromatic N) is 2. The molecule has 0 fully saturated rings. The molecule has 148 valence electrons. The number of hydrogen-bond acceptors (Lipinski definition) is 7. The van der Waals surface area contributed by atoms with Gasteiger partial charge in [0.25, 0.3) is 0 Å². The largest absolute Gasteiger partial charge is 0.456 e. The van der Waals surface area contributed by atoms with Crippen LogP contribution in [0.5, 0.6) is 0 Å². The Kier molecular flexibility index (Phi) is 6.45.